The second-order valence-corrected chi connectivity index (χ2v) is 5.37. The molecule has 3 atom stereocenters. The normalized spacial score (nSPS) is 34.2. The number of carboxylic acid groups (broad SMARTS) is 1. The van der Waals surface area contributed by atoms with E-state index in [0.717, 1.165) is 13.0 Å². The van der Waals surface area contributed by atoms with Crippen molar-refractivity contribution >= 4 is 12.0 Å². The summed E-state index contributed by atoms with van der Waals surface area (Å²) in [5, 5.41) is 14.6. The number of hydrogen-bond donors (Lipinski definition) is 3. The number of nitrogens with one attached hydrogen (secondary N) is 2. The zero-order chi connectivity index (χ0) is 13.9. The Balaban J connectivity index is 1.79. The van der Waals surface area contributed by atoms with E-state index in [-0.39, 0.29) is 19.2 Å². The van der Waals surface area contributed by atoms with Gasteiger partial charge in [0.1, 0.15) is 5.41 Å². The van der Waals surface area contributed by atoms with Crippen LogP contribution in [0.1, 0.15) is 13.3 Å². The van der Waals surface area contributed by atoms with Crippen LogP contribution >= 0.6 is 0 Å². The van der Waals surface area contributed by atoms with Gasteiger partial charge in [-0.2, -0.15) is 0 Å². The van der Waals surface area contributed by atoms with Gasteiger partial charge >= 0.3 is 12.0 Å². The summed E-state index contributed by atoms with van der Waals surface area (Å²) >= 11 is 0. The molecule has 0 saturated carbocycles. The first-order chi connectivity index (χ1) is 9.02. The standard InChI is InChI=1S/C12H20N2O5/c1-12(10(15)16)7-19-6-9(12)14-11(17)13-4-8-2-3-18-5-8/h8-9H,2-7H2,1H3,(H,15,16)(H2,13,14,17). The van der Waals surface area contributed by atoms with E-state index in [9.17, 15) is 14.7 Å². The highest BCUT2D eigenvalue weighted by Gasteiger charge is 2.47. The molecule has 0 aromatic carbocycles. The SMILES string of the molecule is CC1(C(=O)O)COCC1NC(=O)NCC1CCOC1. The summed E-state index contributed by atoms with van der Waals surface area (Å²) in [5.41, 5.74) is -1.06. The number of amides is 2. The Morgan fingerprint density at radius 1 is 1.37 bits per heavy atom. The minimum Gasteiger partial charge on any atom is -0.481 e. The van der Waals surface area contributed by atoms with Crippen molar-refractivity contribution < 1.29 is 24.2 Å². The first-order valence-electron chi connectivity index (χ1n) is 6.45. The molecule has 7 heteroatoms. The largest absolute Gasteiger partial charge is 0.481 e. The van der Waals surface area contributed by atoms with Crippen molar-refractivity contribution in [3.05, 3.63) is 0 Å². The Bertz CT molecular complexity index is 356. The Hall–Kier alpha value is -1.34. The Morgan fingerprint density at radius 3 is 2.79 bits per heavy atom. The smallest absolute Gasteiger partial charge is 0.315 e. The highest BCUT2D eigenvalue weighted by Crippen LogP contribution is 2.28. The molecule has 2 heterocycles. The number of hydrogen-bond acceptors (Lipinski definition) is 4. The number of carbonyl (C=O) groups excluding carboxylic acids is 1. The van der Waals surface area contributed by atoms with Gasteiger partial charge in [-0.05, 0) is 13.3 Å². The highest BCUT2D eigenvalue weighted by molar-refractivity contribution is 5.79. The van der Waals surface area contributed by atoms with Gasteiger partial charge in [-0.15, -0.1) is 0 Å². The van der Waals surface area contributed by atoms with Gasteiger partial charge in [0.05, 0.1) is 25.9 Å². The second-order valence-electron chi connectivity index (χ2n) is 5.37. The fraction of sp³-hybridized carbons (Fsp3) is 0.833. The van der Waals surface area contributed by atoms with Gasteiger partial charge in [-0.25, -0.2) is 4.79 Å². The summed E-state index contributed by atoms with van der Waals surface area (Å²) in [5.74, 6) is -0.615. The molecule has 0 aromatic rings. The lowest BCUT2D eigenvalue weighted by molar-refractivity contribution is -0.148. The molecule has 2 aliphatic heterocycles. The van der Waals surface area contributed by atoms with E-state index in [1.807, 2.05) is 0 Å². The molecule has 3 unspecified atom stereocenters. The molecule has 0 bridgehead atoms. The van der Waals surface area contributed by atoms with Crippen LogP contribution in [-0.4, -0.2) is 56.1 Å². The fourth-order valence-electron chi connectivity index (χ4n) is 2.28. The predicted molar refractivity (Wildman–Crippen MR) is 65.8 cm³/mol. The van der Waals surface area contributed by atoms with E-state index in [0.29, 0.717) is 19.1 Å². The predicted octanol–water partition coefficient (Wildman–Crippen LogP) is -0.188. The van der Waals surface area contributed by atoms with Crippen LogP contribution in [-0.2, 0) is 14.3 Å². The molecule has 7 nitrogen and oxygen atoms in total. The summed E-state index contributed by atoms with van der Waals surface area (Å²) < 4.78 is 10.4. The van der Waals surface area contributed by atoms with E-state index < -0.39 is 17.4 Å². The first kappa shape index (κ1) is 14.1. The van der Waals surface area contributed by atoms with Gasteiger partial charge in [-0.3, -0.25) is 4.79 Å². The lowest BCUT2D eigenvalue weighted by Gasteiger charge is -2.25. The molecule has 108 valence electrons. The fourth-order valence-corrected chi connectivity index (χ4v) is 2.28. The van der Waals surface area contributed by atoms with Gasteiger partial charge in [0.25, 0.3) is 0 Å². The van der Waals surface area contributed by atoms with Gasteiger partial charge < -0.3 is 25.2 Å². The highest BCUT2D eigenvalue weighted by atomic mass is 16.5. The summed E-state index contributed by atoms with van der Waals surface area (Å²) in [7, 11) is 0. The zero-order valence-corrected chi connectivity index (χ0v) is 11.0. The summed E-state index contributed by atoms with van der Waals surface area (Å²) in [6.07, 6.45) is 0.944. The molecule has 0 spiro atoms. The zero-order valence-electron chi connectivity index (χ0n) is 11.0. The molecule has 2 amide bonds. The van der Waals surface area contributed by atoms with Gasteiger partial charge in [0.15, 0.2) is 0 Å². The molecule has 2 rings (SSSR count). The Morgan fingerprint density at radius 2 is 2.16 bits per heavy atom. The molecule has 0 aromatic heterocycles. The lowest BCUT2D eigenvalue weighted by Crippen LogP contribution is -2.52. The average Bonchev–Trinajstić information content (AvgIpc) is 2.98. The van der Waals surface area contributed by atoms with E-state index >= 15 is 0 Å². The van der Waals surface area contributed by atoms with Crippen LogP contribution in [0.3, 0.4) is 0 Å². The van der Waals surface area contributed by atoms with Crippen LogP contribution in [0.4, 0.5) is 4.79 Å². The van der Waals surface area contributed by atoms with Crippen molar-refractivity contribution in [1.82, 2.24) is 10.6 Å². The van der Waals surface area contributed by atoms with Crippen LogP contribution in [0.5, 0.6) is 0 Å². The van der Waals surface area contributed by atoms with E-state index in [1.54, 1.807) is 6.92 Å². The van der Waals surface area contributed by atoms with Gasteiger partial charge in [-0.1, -0.05) is 0 Å². The second kappa shape index (κ2) is 5.75. The molecule has 0 radical (unpaired) electrons. The van der Waals surface area contributed by atoms with Crippen LogP contribution < -0.4 is 10.6 Å². The van der Waals surface area contributed by atoms with Crippen LogP contribution in [0.2, 0.25) is 0 Å². The number of rotatable bonds is 4. The van der Waals surface area contributed by atoms with Crippen LogP contribution in [0.25, 0.3) is 0 Å². The first-order valence-corrected chi connectivity index (χ1v) is 6.45. The van der Waals surface area contributed by atoms with Crippen molar-refractivity contribution in [3.8, 4) is 0 Å². The minimum atomic E-state index is -1.06. The molecule has 3 N–H and O–H groups in total. The maximum Gasteiger partial charge on any atom is 0.315 e. The summed E-state index contributed by atoms with van der Waals surface area (Å²) in [6, 6.07) is -0.861. The third-order valence-electron chi connectivity index (χ3n) is 3.82. The lowest BCUT2D eigenvalue weighted by atomic mass is 9.85. The molecule has 2 aliphatic rings. The van der Waals surface area contributed by atoms with Crippen molar-refractivity contribution in [2.24, 2.45) is 11.3 Å². The summed E-state index contributed by atoms with van der Waals surface area (Å²) in [4.78, 5) is 23.0. The van der Waals surface area contributed by atoms with Crippen LogP contribution in [0, 0.1) is 11.3 Å². The molecule has 0 aliphatic carbocycles. The number of aliphatic carboxylic acids is 1. The molecular formula is C12H20N2O5. The maximum atomic E-state index is 11.8. The topological polar surface area (TPSA) is 96.9 Å². The van der Waals surface area contributed by atoms with Crippen molar-refractivity contribution in [2.75, 3.05) is 33.0 Å². The molecule has 19 heavy (non-hydrogen) atoms. The molecule has 2 saturated heterocycles. The van der Waals surface area contributed by atoms with Crippen molar-refractivity contribution in [1.29, 1.82) is 0 Å². The van der Waals surface area contributed by atoms with E-state index in [2.05, 4.69) is 10.6 Å². The summed E-state index contributed by atoms with van der Waals surface area (Å²) in [6.45, 7) is 3.87. The molecular weight excluding hydrogens is 252 g/mol. The van der Waals surface area contributed by atoms with Gasteiger partial charge in [0, 0.05) is 19.1 Å². The maximum absolute atomic E-state index is 11.8. The number of urea groups is 1. The third kappa shape index (κ3) is 3.16. The molecule has 2 fully saturated rings. The number of carboxylic acids is 1. The number of ether oxygens (including phenoxy) is 2. The van der Waals surface area contributed by atoms with Crippen molar-refractivity contribution in [3.63, 3.8) is 0 Å². The third-order valence-corrected chi connectivity index (χ3v) is 3.82. The monoisotopic (exact) mass is 272 g/mol. The number of carbonyl (C=O) groups is 2. The Kier molecular flexibility index (Phi) is 4.26. The van der Waals surface area contributed by atoms with Gasteiger partial charge in [0.2, 0.25) is 0 Å². The average molecular weight is 272 g/mol. The van der Waals surface area contributed by atoms with Crippen LogP contribution in [0.15, 0.2) is 0 Å². The van der Waals surface area contributed by atoms with Crippen molar-refractivity contribution in [2.45, 2.75) is 19.4 Å². The minimum absolute atomic E-state index is 0.115. The quantitative estimate of drug-likeness (QED) is 0.659. The Labute approximate surface area is 111 Å². The van der Waals surface area contributed by atoms with E-state index in [4.69, 9.17) is 9.47 Å². The van der Waals surface area contributed by atoms with E-state index in [1.165, 1.54) is 0 Å².